The van der Waals surface area contributed by atoms with Crippen LogP contribution in [0.1, 0.15) is 78.8 Å². The second kappa shape index (κ2) is 12.3. The summed E-state index contributed by atoms with van der Waals surface area (Å²) < 4.78 is 7.33. The summed E-state index contributed by atoms with van der Waals surface area (Å²) in [6.07, 6.45) is 8.65. The second-order valence-electron chi connectivity index (χ2n) is 9.47. The molecule has 0 aliphatic heterocycles. The van der Waals surface area contributed by atoms with E-state index in [1.807, 2.05) is 27.7 Å². The molecule has 2 heterocycles. The fourth-order valence-electron chi connectivity index (χ4n) is 3.48. The largest absolute Gasteiger partial charge is 0.492 e. The molecule has 1 amide bonds. The van der Waals surface area contributed by atoms with Crippen LogP contribution >= 0.6 is 0 Å². The molecular weight excluding hydrogens is 440 g/mol. The van der Waals surface area contributed by atoms with Gasteiger partial charge in [0.2, 0.25) is 11.8 Å². The summed E-state index contributed by atoms with van der Waals surface area (Å²) in [7, 11) is 0. The van der Waals surface area contributed by atoms with Gasteiger partial charge in [-0.1, -0.05) is 39.0 Å². The maximum Gasteiger partial charge on any atom is 0.444 e. The molecule has 0 unspecified atom stereocenters. The predicted octanol–water partition coefficient (Wildman–Crippen LogP) is 4.72. The van der Waals surface area contributed by atoms with Crippen molar-refractivity contribution in [3.63, 3.8) is 0 Å². The molecule has 2 N–H and O–H groups in total. The summed E-state index contributed by atoms with van der Waals surface area (Å²) in [4.78, 5) is 36.1. The van der Waals surface area contributed by atoms with Crippen LogP contribution in [-0.4, -0.2) is 59.8 Å². The molecule has 0 spiro atoms. The van der Waals surface area contributed by atoms with Gasteiger partial charge in [0.25, 0.3) is 0 Å². The Morgan fingerprint density at radius 1 is 1.09 bits per heavy atom. The Morgan fingerprint density at radius 2 is 1.71 bits per heavy atom. The van der Waals surface area contributed by atoms with E-state index in [1.54, 1.807) is 4.90 Å². The quantitative estimate of drug-likeness (QED) is 0.448. The van der Waals surface area contributed by atoms with Crippen LogP contribution in [0.2, 0.25) is 0 Å². The number of imidazole rings is 1. The van der Waals surface area contributed by atoms with Gasteiger partial charge in [0.15, 0.2) is 0 Å². The highest BCUT2D eigenvalue weighted by Gasteiger charge is 2.26. The van der Waals surface area contributed by atoms with E-state index in [1.165, 1.54) is 43.9 Å². The van der Waals surface area contributed by atoms with Gasteiger partial charge in [-0.2, -0.15) is 0 Å². The molecule has 0 saturated heterocycles. The molecule has 2 aromatic heterocycles. The number of carbonyl (C=O) groups is 2. The Labute approximate surface area is 201 Å². The van der Waals surface area contributed by atoms with E-state index in [-0.39, 0.29) is 12.1 Å². The maximum atomic E-state index is 12.9. The third kappa shape index (κ3) is 8.31. The van der Waals surface area contributed by atoms with Gasteiger partial charge in [-0.05, 0) is 34.1 Å². The van der Waals surface area contributed by atoms with Crippen LogP contribution < -0.4 is 4.84 Å². The molecule has 1 atom stereocenters. The average Bonchev–Trinajstić information content (AvgIpc) is 3.33. The molecule has 10 heteroatoms. The molecular formula is C24H38N4O6. The minimum atomic E-state index is -0.857. The van der Waals surface area contributed by atoms with Gasteiger partial charge in [-0.25, -0.2) is 19.1 Å². The number of unbranched alkanes of at least 4 members (excludes halogenated alkanes) is 5. The Hall–Kier alpha value is -3.17. The summed E-state index contributed by atoms with van der Waals surface area (Å²) in [6, 6.07) is 2.18. The lowest BCUT2D eigenvalue weighted by atomic mass is 10.1. The monoisotopic (exact) mass is 478 g/mol. The lowest BCUT2D eigenvalue weighted by Crippen LogP contribution is -2.43. The third-order valence-electron chi connectivity index (χ3n) is 5.23. The van der Waals surface area contributed by atoms with E-state index >= 15 is 0 Å². The van der Waals surface area contributed by atoms with Crippen LogP contribution in [0.25, 0.3) is 0 Å². The average molecular weight is 479 g/mol. The van der Waals surface area contributed by atoms with Gasteiger partial charge >= 0.3 is 12.2 Å². The molecule has 0 aliphatic carbocycles. The predicted molar refractivity (Wildman–Crippen MR) is 127 cm³/mol. The van der Waals surface area contributed by atoms with Crippen molar-refractivity contribution >= 4 is 12.2 Å². The molecule has 0 aliphatic rings. The Bertz CT molecular complexity index is 911. The van der Waals surface area contributed by atoms with Gasteiger partial charge in [0, 0.05) is 37.3 Å². The van der Waals surface area contributed by atoms with Crippen LogP contribution in [0.5, 0.6) is 11.8 Å². The fraction of sp³-hybridized carbons (Fsp3) is 0.625. The summed E-state index contributed by atoms with van der Waals surface area (Å²) in [5.41, 5.74) is -0.0150. The maximum absolute atomic E-state index is 12.9. The first-order valence-corrected chi connectivity index (χ1v) is 11.9. The Balaban J connectivity index is 2.01. The van der Waals surface area contributed by atoms with Crippen LogP contribution in [0, 0.1) is 0 Å². The van der Waals surface area contributed by atoms with Crippen molar-refractivity contribution in [1.29, 1.82) is 0 Å². The molecule has 2 rings (SSSR count). The topological polar surface area (TPSA) is 119 Å². The summed E-state index contributed by atoms with van der Waals surface area (Å²) in [5.74, 6) is -0.829. The molecule has 0 radical (unpaired) electrons. The minimum Gasteiger partial charge on any atom is -0.492 e. The SMILES string of the molecule is CCCCCCCCN(C(=O)OC(C)(C)C)[C@H](C)Cc1cn(C(=O)On2c(O)ccc2O)cn1. The van der Waals surface area contributed by atoms with E-state index in [0.29, 0.717) is 23.4 Å². The zero-order valence-corrected chi connectivity index (χ0v) is 20.9. The number of hydrogen-bond acceptors (Lipinski definition) is 7. The third-order valence-corrected chi connectivity index (χ3v) is 5.23. The number of aromatic nitrogens is 3. The zero-order valence-electron chi connectivity index (χ0n) is 20.9. The van der Waals surface area contributed by atoms with Gasteiger partial charge in [-0.3, -0.25) is 0 Å². The number of rotatable bonds is 11. The Morgan fingerprint density at radius 3 is 2.32 bits per heavy atom. The lowest BCUT2D eigenvalue weighted by molar-refractivity contribution is 0.0171. The van der Waals surface area contributed by atoms with Crippen molar-refractivity contribution in [3.05, 3.63) is 30.4 Å². The Kier molecular flexibility index (Phi) is 9.83. The molecule has 2 aromatic rings. The lowest BCUT2D eigenvalue weighted by Gasteiger charge is -2.31. The van der Waals surface area contributed by atoms with Crippen LogP contribution in [-0.2, 0) is 11.2 Å². The smallest absolute Gasteiger partial charge is 0.444 e. The molecule has 0 saturated carbocycles. The first kappa shape index (κ1) is 27.1. The number of aromatic hydroxyl groups is 2. The molecule has 10 nitrogen and oxygen atoms in total. The van der Waals surface area contributed by atoms with Gasteiger partial charge in [0.1, 0.15) is 11.9 Å². The van der Waals surface area contributed by atoms with Gasteiger partial charge in [0.05, 0.1) is 5.69 Å². The van der Waals surface area contributed by atoms with Crippen LogP contribution in [0.3, 0.4) is 0 Å². The van der Waals surface area contributed by atoms with Crippen molar-refractivity contribution in [2.24, 2.45) is 0 Å². The molecule has 190 valence electrons. The highest BCUT2D eigenvalue weighted by molar-refractivity contribution is 5.71. The van der Waals surface area contributed by atoms with E-state index < -0.39 is 23.5 Å². The number of ether oxygens (including phenoxy) is 1. The normalized spacial score (nSPS) is 12.4. The van der Waals surface area contributed by atoms with Gasteiger partial charge in [-0.15, -0.1) is 4.73 Å². The van der Waals surface area contributed by atoms with Crippen molar-refractivity contribution in [1.82, 2.24) is 19.2 Å². The number of nitrogens with zero attached hydrogens (tertiary/aromatic N) is 4. The zero-order chi connectivity index (χ0) is 25.3. The molecule has 34 heavy (non-hydrogen) atoms. The van der Waals surface area contributed by atoms with Gasteiger partial charge < -0.3 is 24.7 Å². The van der Waals surface area contributed by atoms with Crippen molar-refractivity contribution < 1.29 is 29.4 Å². The summed E-state index contributed by atoms with van der Waals surface area (Å²) >= 11 is 0. The second-order valence-corrected chi connectivity index (χ2v) is 9.47. The van der Waals surface area contributed by atoms with Crippen molar-refractivity contribution in [3.8, 4) is 11.8 Å². The van der Waals surface area contributed by atoms with Crippen LogP contribution in [0.15, 0.2) is 24.7 Å². The first-order valence-electron chi connectivity index (χ1n) is 11.9. The van der Waals surface area contributed by atoms with E-state index in [0.717, 1.165) is 23.8 Å². The highest BCUT2D eigenvalue weighted by atomic mass is 16.7. The molecule has 0 fully saturated rings. The number of carbonyl (C=O) groups excluding carboxylic acids is 2. The minimum absolute atomic E-state index is 0.206. The van der Waals surface area contributed by atoms with Crippen molar-refractivity contribution in [2.45, 2.75) is 91.2 Å². The van der Waals surface area contributed by atoms with Crippen LogP contribution in [0.4, 0.5) is 9.59 Å². The molecule has 0 aromatic carbocycles. The number of hydrogen-bond donors (Lipinski definition) is 2. The van der Waals surface area contributed by atoms with E-state index in [4.69, 9.17) is 9.57 Å². The number of amides is 1. The van der Waals surface area contributed by atoms with Crippen molar-refractivity contribution in [2.75, 3.05) is 6.54 Å². The first-order chi connectivity index (χ1) is 16.0. The highest BCUT2D eigenvalue weighted by Crippen LogP contribution is 2.19. The van der Waals surface area contributed by atoms with E-state index in [9.17, 15) is 19.8 Å². The summed E-state index contributed by atoms with van der Waals surface area (Å²) in [5, 5.41) is 19.3. The standard InChI is InChI=1S/C24H38N4O6/c1-6-7-8-9-10-11-14-27(23(32)33-24(3,4)5)18(2)15-19-16-26(17-25-19)22(31)34-28-20(29)12-13-21(28)30/h12-13,16-18,29-30H,6-11,14-15H2,1-5H3/t18-/m1/s1. The fourth-order valence-corrected chi connectivity index (χ4v) is 3.48. The van der Waals surface area contributed by atoms with E-state index in [2.05, 4.69) is 11.9 Å². The molecule has 0 bridgehead atoms. The summed E-state index contributed by atoms with van der Waals surface area (Å²) in [6.45, 7) is 10.2.